The Morgan fingerprint density at radius 1 is 1.32 bits per heavy atom. The van der Waals surface area contributed by atoms with Gasteiger partial charge in [-0.1, -0.05) is 0 Å². The van der Waals surface area contributed by atoms with Crippen LogP contribution in [0.4, 0.5) is 4.79 Å². The van der Waals surface area contributed by atoms with Crippen molar-refractivity contribution in [2.45, 2.75) is 69.2 Å². The van der Waals surface area contributed by atoms with Crippen LogP contribution in [0.5, 0.6) is 0 Å². The fourth-order valence-electron chi connectivity index (χ4n) is 4.80. The molecular weight excluding hydrogens is 320 g/mol. The Hall–Kier alpha value is -1.53. The van der Waals surface area contributed by atoms with Gasteiger partial charge in [0.05, 0.1) is 12.4 Å². The number of amides is 2. The second-order valence-electron chi connectivity index (χ2n) is 7.61. The smallest absolute Gasteiger partial charge is 0.317 e. The highest BCUT2D eigenvalue weighted by atomic mass is 16.5. The summed E-state index contributed by atoms with van der Waals surface area (Å²) < 4.78 is 11.1. The Bertz CT molecular complexity index is 576. The molecule has 1 aromatic rings. The molecular formula is C19H28N2O4. The standard InChI is InChI=1S/C19H28N2O4/c22-16(18-7-3-10-24-18)12-13-4-2-9-21(13)19(23)20-15-5-1-6-17-14(15)8-11-25-17/h3,7,10,13-17,22H,1-2,4-6,8-9,11-12H2,(H,20,23)/t13-,14-,15-,16+,17+/m1/s1. The highest BCUT2D eigenvalue weighted by Gasteiger charge is 2.40. The molecule has 0 aromatic carbocycles. The van der Waals surface area contributed by atoms with Crippen LogP contribution in [0.1, 0.15) is 56.8 Å². The highest BCUT2D eigenvalue weighted by Crippen LogP contribution is 2.35. The number of furan rings is 1. The molecule has 6 nitrogen and oxygen atoms in total. The summed E-state index contributed by atoms with van der Waals surface area (Å²) in [5.41, 5.74) is 0. The SMILES string of the molecule is O=C(N[C@@H]1CCC[C@@H]2OCC[C@@H]21)N1CCC[C@@H]1C[C@H](O)c1ccco1. The van der Waals surface area contributed by atoms with Crippen molar-refractivity contribution >= 4 is 6.03 Å². The summed E-state index contributed by atoms with van der Waals surface area (Å²) in [6.07, 6.45) is 8.03. The average Bonchev–Trinajstić information content (AvgIpc) is 3.36. The fourth-order valence-corrected chi connectivity index (χ4v) is 4.80. The molecule has 0 unspecified atom stereocenters. The molecule has 1 aromatic heterocycles. The monoisotopic (exact) mass is 348 g/mol. The lowest BCUT2D eigenvalue weighted by Gasteiger charge is -2.35. The van der Waals surface area contributed by atoms with E-state index < -0.39 is 6.10 Å². The minimum atomic E-state index is -0.657. The molecule has 2 aliphatic heterocycles. The Morgan fingerprint density at radius 3 is 3.08 bits per heavy atom. The lowest BCUT2D eigenvalue weighted by atomic mass is 9.82. The van der Waals surface area contributed by atoms with Crippen molar-refractivity contribution < 1.29 is 19.1 Å². The summed E-state index contributed by atoms with van der Waals surface area (Å²) in [7, 11) is 0. The Balaban J connectivity index is 1.35. The maximum absolute atomic E-state index is 12.8. The van der Waals surface area contributed by atoms with Gasteiger partial charge in [0, 0.05) is 37.6 Å². The van der Waals surface area contributed by atoms with Crippen molar-refractivity contribution in [1.82, 2.24) is 10.2 Å². The molecule has 6 heteroatoms. The Labute approximate surface area is 148 Å². The van der Waals surface area contributed by atoms with Gasteiger partial charge in [-0.3, -0.25) is 0 Å². The van der Waals surface area contributed by atoms with Crippen LogP contribution >= 0.6 is 0 Å². The van der Waals surface area contributed by atoms with Crippen molar-refractivity contribution in [1.29, 1.82) is 0 Å². The second kappa shape index (κ2) is 7.38. The topological polar surface area (TPSA) is 74.9 Å². The maximum atomic E-state index is 12.8. The molecule has 5 atom stereocenters. The normalized spacial score (nSPS) is 33.2. The number of hydrogen-bond acceptors (Lipinski definition) is 4. The Kier molecular flexibility index (Phi) is 4.99. The number of fused-ring (bicyclic) bond motifs is 1. The zero-order chi connectivity index (χ0) is 17.2. The van der Waals surface area contributed by atoms with E-state index >= 15 is 0 Å². The van der Waals surface area contributed by atoms with Gasteiger partial charge < -0.3 is 24.5 Å². The van der Waals surface area contributed by atoms with Crippen molar-refractivity contribution in [3.8, 4) is 0 Å². The van der Waals surface area contributed by atoms with Gasteiger partial charge in [0.1, 0.15) is 11.9 Å². The molecule has 2 N–H and O–H groups in total. The first-order chi connectivity index (χ1) is 12.2. The van der Waals surface area contributed by atoms with Crippen molar-refractivity contribution in [3.63, 3.8) is 0 Å². The zero-order valence-corrected chi connectivity index (χ0v) is 14.6. The predicted molar refractivity (Wildman–Crippen MR) is 92.0 cm³/mol. The first kappa shape index (κ1) is 16.9. The summed E-state index contributed by atoms with van der Waals surface area (Å²) in [4.78, 5) is 14.8. The molecule has 0 radical (unpaired) electrons. The Morgan fingerprint density at radius 2 is 2.24 bits per heavy atom. The minimum absolute atomic E-state index is 0.0201. The van der Waals surface area contributed by atoms with Gasteiger partial charge in [0.15, 0.2) is 0 Å². The highest BCUT2D eigenvalue weighted by molar-refractivity contribution is 5.75. The molecule has 4 rings (SSSR count). The lowest BCUT2D eigenvalue weighted by Crippen LogP contribution is -2.51. The zero-order valence-electron chi connectivity index (χ0n) is 14.6. The number of nitrogens with one attached hydrogen (secondary N) is 1. The van der Waals surface area contributed by atoms with E-state index in [0.29, 0.717) is 24.2 Å². The predicted octanol–water partition coefficient (Wildman–Crippen LogP) is 2.83. The number of aliphatic hydroxyl groups is 1. The molecule has 1 aliphatic carbocycles. The quantitative estimate of drug-likeness (QED) is 0.877. The van der Waals surface area contributed by atoms with E-state index in [1.165, 1.54) is 0 Å². The molecule has 0 bridgehead atoms. The summed E-state index contributed by atoms with van der Waals surface area (Å²) >= 11 is 0. The first-order valence-corrected chi connectivity index (χ1v) is 9.62. The van der Waals surface area contributed by atoms with Gasteiger partial charge in [0.25, 0.3) is 0 Å². The summed E-state index contributed by atoms with van der Waals surface area (Å²) in [6, 6.07) is 3.88. The number of rotatable bonds is 4. The van der Waals surface area contributed by atoms with Crippen molar-refractivity contribution in [2.24, 2.45) is 5.92 Å². The minimum Gasteiger partial charge on any atom is -0.467 e. The number of carbonyl (C=O) groups excluding carboxylic acids is 1. The number of nitrogens with zero attached hydrogens (tertiary/aromatic N) is 1. The van der Waals surface area contributed by atoms with Crippen molar-refractivity contribution in [3.05, 3.63) is 24.2 Å². The van der Waals surface area contributed by atoms with Crippen LogP contribution in [0, 0.1) is 5.92 Å². The molecule has 3 heterocycles. The van der Waals surface area contributed by atoms with Crippen LogP contribution < -0.4 is 5.32 Å². The summed E-state index contributed by atoms with van der Waals surface area (Å²) in [5, 5.41) is 13.6. The lowest BCUT2D eigenvalue weighted by molar-refractivity contribution is 0.0531. The largest absolute Gasteiger partial charge is 0.467 e. The number of hydrogen-bond donors (Lipinski definition) is 2. The molecule has 0 spiro atoms. The van der Waals surface area contributed by atoms with Gasteiger partial charge in [-0.25, -0.2) is 4.79 Å². The molecule has 1 saturated carbocycles. The number of carbonyl (C=O) groups is 1. The van der Waals surface area contributed by atoms with E-state index in [9.17, 15) is 9.90 Å². The van der Waals surface area contributed by atoms with Gasteiger partial charge in [-0.05, 0) is 50.7 Å². The molecule has 3 fully saturated rings. The fraction of sp³-hybridized carbons (Fsp3) is 0.737. The van der Waals surface area contributed by atoms with E-state index in [2.05, 4.69) is 5.32 Å². The number of aliphatic hydroxyl groups excluding tert-OH is 1. The van der Waals surface area contributed by atoms with Gasteiger partial charge in [-0.2, -0.15) is 0 Å². The number of likely N-dealkylation sites (tertiary alicyclic amines) is 1. The second-order valence-corrected chi connectivity index (χ2v) is 7.61. The third kappa shape index (κ3) is 3.55. The summed E-state index contributed by atoms with van der Waals surface area (Å²) in [6.45, 7) is 1.59. The van der Waals surface area contributed by atoms with E-state index in [-0.39, 0.29) is 18.1 Å². The van der Waals surface area contributed by atoms with Gasteiger partial charge in [-0.15, -0.1) is 0 Å². The van der Waals surface area contributed by atoms with Crippen LogP contribution in [0.3, 0.4) is 0 Å². The molecule has 2 amide bonds. The van der Waals surface area contributed by atoms with Crippen molar-refractivity contribution in [2.75, 3.05) is 13.2 Å². The molecule has 25 heavy (non-hydrogen) atoms. The third-order valence-electron chi connectivity index (χ3n) is 6.10. The van der Waals surface area contributed by atoms with Crippen LogP contribution in [0.2, 0.25) is 0 Å². The first-order valence-electron chi connectivity index (χ1n) is 9.62. The summed E-state index contributed by atoms with van der Waals surface area (Å²) in [5.74, 6) is 1.04. The van der Waals surface area contributed by atoms with Gasteiger partial charge in [0.2, 0.25) is 0 Å². The van der Waals surface area contributed by atoms with E-state index in [0.717, 1.165) is 51.7 Å². The van der Waals surface area contributed by atoms with Gasteiger partial charge >= 0.3 is 6.03 Å². The van der Waals surface area contributed by atoms with E-state index in [1.54, 1.807) is 18.4 Å². The van der Waals surface area contributed by atoms with Crippen LogP contribution in [-0.2, 0) is 4.74 Å². The average molecular weight is 348 g/mol. The van der Waals surface area contributed by atoms with Crippen LogP contribution in [0.15, 0.2) is 22.8 Å². The maximum Gasteiger partial charge on any atom is 0.317 e. The number of ether oxygens (including phenoxy) is 1. The molecule has 138 valence electrons. The molecule has 3 aliphatic rings. The number of urea groups is 1. The molecule has 2 saturated heterocycles. The van der Waals surface area contributed by atoms with Crippen LogP contribution in [-0.4, -0.2) is 47.4 Å². The third-order valence-corrected chi connectivity index (χ3v) is 6.10. The van der Waals surface area contributed by atoms with E-state index in [4.69, 9.17) is 9.15 Å². The van der Waals surface area contributed by atoms with Crippen LogP contribution in [0.25, 0.3) is 0 Å². The van der Waals surface area contributed by atoms with E-state index in [1.807, 2.05) is 4.90 Å².